The molecule has 0 radical (unpaired) electrons. The molecule has 1 N–H and O–H groups in total. The highest BCUT2D eigenvalue weighted by molar-refractivity contribution is 5.91. The molecule has 0 saturated heterocycles. The average Bonchev–Trinajstić information content (AvgIpc) is 1.87. The van der Waals surface area contributed by atoms with Crippen LogP contribution in [0.4, 0.5) is 0 Å². The Balaban J connectivity index is 4.08. The molecule has 0 aromatic carbocycles. The number of carbonyl (C=O) groups excluding carboxylic acids is 1. The molecule has 0 rings (SSSR count). The summed E-state index contributed by atoms with van der Waals surface area (Å²) >= 11 is 0. The summed E-state index contributed by atoms with van der Waals surface area (Å²) in [5.41, 5.74) is 0.306. The van der Waals surface area contributed by atoms with Gasteiger partial charge in [-0.15, -0.1) is 0 Å². The summed E-state index contributed by atoms with van der Waals surface area (Å²) in [5, 5.41) is 9.33. The minimum Gasteiger partial charge on any atom is -0.281 e. The minimum absolute atomic E-state index is 0.306. The van der Waals surface area contributed by atoms with Crippen LogP contribution in [0.1, 0.15) is 13.8 Å². The van der Waals surface area contributed by atoms with E-state index < -0.39 is 5.91 Å². The van der Waals surface area contributed by atoms with Crippen LogP contribution in [0.25, 0.3) is 0 Å². The topological polar surface area (TPSA) is 40.5 Å². The van der Waals surface area contributed by atoms with Gasteiger partial charge in [-0.05, 0) is 13.8 Å². The van der Waals surface area contributed by atoms with Gasteiger partial charge in [0.15, 0.2) is 0 Å². The molecular weight excluding hydrogens is 130 g/mol. The number of carbonyl (C=O) groups is 1. The molecule has 0 unspecified atom stereocenters. The van der Waals surface area contributed by atoms with Gasteiger partial charge < -0.3 is 0 Å². The number of hydrogen-bond donors (Lipinski definition) is 1. The largest absolute Gasteiger partial charge is 0.281 e. The highest BCUT2D eigenvalue weighted by Gasteiger charge is 2.06. The summed E-state index contributed by atoms with van der Waals surface area (Å²) in [6, 6.07) is 0. The maximum absolute atomic E-state index is 10.8. The molecule has 10 heavy (non-hydrogen) atoms. The molecule has 0 aromatic heterocycles. The van der Waals surface area contributed by atoms with Crippen LogP contribution in [-0.4, -0.2) is 16.2 Å². The lowest BCUT2D eigenvalue weighted by Crippen LogP contribution is -2.21. The Morgan fingerprint density at radius 3 is 2.50 bits per heavy atom. The molecule has 0 aliphatic heterocycles. The molecule has 3 nitrogen and oxygen atoms in total. The Bertz CT molecular complexity index is 172. The van der Waals surface area contributed by atoms with E-state index in [-0.39, 0.29) is 0 Å². The summed E-state index contributed by atoms with van der Waals surface area (Å²) < 4.78 is 0. The molecule has 0 spiro atoms. The second-order valence-corrected chi connectivity index (χ2v) is 1.91. The first-order valence-corrected chi connectivity index (χ1v) is 2.90. The fraction of sp³-hybridized carbons (Fsp3) is 0.286. The maximum Gasteiger partial charge on any atom is 0.276 e. The quantitative estimate of drug-likeness (QED) is 0.358. The monoisotopic (exact) mass is 141 g/mol. The van der Waals surface area contributed by atoms with Crippen molar-refractivity contribution in [3.05, 3.63) is 24.4 Å². The van der Waals surface area contributed by atoms with Crippen molar-refractivity contribution in [1.29, 1.82) is 0 Å². The number of allylic oxidation sites excluding steroid dienone is 1. The molecule has 0 saturated carbocycles. The predicted octanol–water partition coefficient (Wildman–Crippen LogP) is 1.31. The first-order valence-electron chi connectivity index (χ1n) is 2.90. The van der Waals surface area contributed by atoms with Crippen LogP contribution >= 0.6 is 0 Å². The van der Waals surface area contributed by atoms with E-state index in [0.717, 1.165) is 0 Å². The van der Waals surface area contributed by atoms with Crippen LogP contribution in [0, 0.1) is 0 Å². The molecule has 0 atom stereocenters. The number of hydrogen-bond acceptors (Lipinski definition) is 2. The predicted molar refractivity (Wildman–Crippen MR) is 38.3 cm³/mol. The van der Waals surface area contributed by atoms with E-state index in [9.17, 15) is 4.79 Å². The molecule has 3 heteroatoms. The standard InChI is InChI=1S/C7H11NO2/c1-4-5-8(10)7(9)6(2)3/h4-5,10H,2H2,1,3H3/b5-4-. The van der Waals surface area contributed by atoms with Gasteiger partial charge in [-0.2, -0.15) is 5.06 Å². The molecule has 0 aliphatic rings. The smallest absolute Gasteiger partial charge is 0.276 e. The Morgan fingerprint density at radius 1 is 1.70 bits per heavy atom. The van der Waals surface area contributed by atoms with Crippen molar-refractivity contribution in [2.24, 2.45) is 0 Å². The molecule has 0 bridgehead atoms. The third kappa shape index (κ3) is 2.46. The van der Waals surface area contributed by atoms with Gasteiger partial charge in [0.2, 0.25) is 0 Å². The van der Waals surface area contributed by atoms with Crippen LogP contribution in [0.5, 0.6) is 0 Å². The van der Waals surface area contributed by atoms with Crippen molar-refractivity contribution in [2.45, 2.75) is 13.8 Å². The summed E-state index contributed by atoms with van der Waals surface area (Å²) in [5.74, 6) is -0.488. The van der Waals surface area contributed by atoms with E-state index in [1.165, 1.54) is 13.1 Å². The number of amides is 1. The Morgan fingerprint density at radius 2 is 2.20 bits per heavy atom. The van der Waals surface area contributed by atoms with E-state index >= 15 is 0 Å². The molecule has 0 aromatic rings. The van der Waals surface area contributed by atoms with Crippen LogP contribution in [-0.2, 0) is 4.79 Å². The van der Waals surface area contributed by atoms with Crippen LogP contribution in [0.3, 0.4) is 0 Å². The van der Waals surface area contributed by atoms with E-state index in [4.69, 9.17) is 5.21 Å². The first-order chi connectivity index (χ1) is 4.59. The normalized spacial score (nSPS) is 9.90. The zero-order valence-electron chi connectivity index (χ0n) is 6.16. The van der Waals surface area contributed by atoms with Crippen LogP contribution < -0.4 is 0 Å². The van der Waals surface area contributed by atoms with Crippen molar-refractivity contribution in [1.82, 2.24) is 5.06 Å². The van der Waals surface area contributed by atoms with Crippen molar-refractivity contribution in [2.75, 3.05) is 0 Å². The van der Waals surface area contributed by atoms with E-state index in [1.54, 1.807) is 13.0 Å². The van der Waals surface area contributed by atoms with Gasteiger partial charge in [0, 0.05) is 11.8 Å². The van der Waals surface area contributed by atoms with Gasteiger partial charge in [-0.1, -0.05) is 12.7 Å². The fourth-order valence-electron chi connectivity index (χ4n) is 0.404. The van der Waals surface area contributed by atoms with Crippen molar-refractivity contribution < 1.29 is 10.0 Å². The van der Waals surface area contributed by atoms with Gasteiger partial charge in [0.1, 0.15) is 0 Å². The highest BCUT2D eigenvalue weighted by atomic mass is 16.5. The van der Waals surface area contributed by atoms with Gasteiger partial charge in [-0.3, -0.25) is 10.0 Å². The zero-order chi connectivity index (χ0) is 8.15. The molecule has 0 aliphatic carbocycles. The van der Waals surface area contributed by atoms with Crippen molar-refractivity contribution >= 4 is 5.91 Å². The van der Waals surface area contributed by atoms with E-state index in [1.807, 2.05) is 0 Å². The molecule has 56 valence electrons. The average molecular weight is 141 g/mol. The summed E-state index contributed by atoms with van der Waals surface area (Å²) in [6.07, 6.45) is 2.82. The number of nitrogens with zero attached hydrogens (tertiary/aromatic N) is 1. The second kappa shape index (κ2) is 3.85. The van der Waals surface area contributed by atoms with Gasteiger partial charge >= 0.3 is 0 Å². The lowest BCUT2D eigenvalue weighted by molar-refractivity contribution is -0.149. The van der Waals surface area contributed by atoms with Crippen molar-refractivity contribution in [3.8, 4) is 0 Å². The fourth-order valence-corrected chi connectivity index (χ4v) is 0.404. The number of rotatable bonds is 2. The SMILES string of the molecule is C=C(C)C(=O)N(O)/C=C\C. The Kier molecular flexibility index (Phi) is 3.43. The summed E-state index contributed by atoms with van der Waals surface area (Å²) in [6.45, 7) is 6.61. The van der Waals surface area contributed by atoms with E-state index in [0.29, 0.717) is 10.6 Å². The van der Waals surface area contributed by atoms with Crippen LogP contribution in [0.2, 0.25) is 0 Å². The highest BCUT2D eigenvalue weighted by Crippen LogP contribution is 1.94. The van der Waals surface area contributed by atoms with Crippen molar-refractivity contribution in [3.63, 3.8) is 0 Å². The third-order valence-corrected chi connectivity index (χ3v) is 0.863. The minimum atomic E-state index is -0.488. The molecular formula is C7H11NO2. The first kappa shape index (κ1) is 8.91. The number of hydroxylamine groups is 2. The summed E-state index contributed by atoms with van der Waals surface area (Å²) in [4.78, 5) is 10.8. The van der Waals surface area contributed by atoms with Gasteiger partial charge in [-0.25, -0.2) is 0 Å². The van der Waals surface area contributed by atoms with Crippen LogP contribution in [0.15, 0.2) is 24.4 Å². The Labute approximate surface area is 60.2 Å². The molecule has 1 amide bonds. The van der Waals surface area contributed by atoms with E-state index in [2.05, 4.69) is 6.58 Å². The maximum atomic E-state index is 10.8. The third-order valence-electron chi connectivity index (χ3n) is 0.863. The van der Waals surface area contributed by atoms with Gasteiger partial charge in [0.25, 0.3) is 5.91 Å². The second-order valence-electron chi connectivity index (χ2n) is 1.91. The molecule has 0 heterocycles. The lowest BCUT2D eigenvalue weighted by Gasteiger charge is -2.07. The molecule has 0 fully saturated rings. The van der Waals surface area contributed by atoms with Gasteiger partial charge in [0.05, 0.1) is 0 Å². The Hall–Kier alpha value is -1.09. The lowest BCUT2D eigenvalue weighted by atomic mass is 10.3. The summed E-state index contributed by atoms with van der Waals surface area (Å²) in [7, 11) is 0. The zero-order valence-corrected chi connectivity index (χ0v) is 6.16.